The number of rotatable bonds is 9. The quantitative estimate of drug-likeness (QED) is 0.343. The predicted molar refractivity (Wildman–Crippen MR) is 126 cm³/mol. The van der Waals surface area contributed by atoms with Gasteiger partial charge in [-0.25, -0.2) is 28.1 Å². The molecule has 0 radical (unpaired) electrons. The van der Waals surface area contributed by atoms with Gasteiger partial charge in [-0.1, -0.05) is 31.5 Å². The molecule has 3 N–H and O–H groups in total. The fourth-order valence-electron chi connectivity index (χ4n) is 3.39. The summed E-state index contributed by atoms with van der Waals surface area (Å²) in [5, 5.41) is 0.609. The van der Waals surface area contributed by atoms with Crippen LogP contribution in [0.3, 0.4) is 0 Å². The van der Waals surface area contributed by atoms with Crippen molar-refractivity contribution in [1.29, 1.82) is 0 Å². The van der Waals surface area contributed by atoms with Crippen LogP contribution in [0.15, 0.2) is 28.5 Å². The number of hydrogen-bond donors (Lipinski definition) is 2. The Hall–Kier alpha value is -3.01. The molecule has 0 bridgehead atoms. The Morgan fingerprint density at radius 1 is 1.30 bits per heavy atom. The first-order valence-corrected chi connectivity index (χ1v) is 12.8. The summed E-state index contributed by atoms with van der Waals surface area (Å²) in [7, 11) is -3.32. The van der Waals surface area contributed by atoms with Crippen molar-refractivity contribution >= 4 is 38.8 Å². The summed E-state index contributed by atoms with van der Waals surface area (Å²) in [5.74, 6) is 4.29. The van der Waals surface area contributed by atoms with Gasteiger partial charge in [0.25, 0.3) is 0 Å². The van der Waals surface area contributed by atoms with Crippen LogP contribution in [0.4, 0.5) is 5.82 Å². The van der Waals surface area contributed by atoms with Crippen LogP contribution in [0.2, 0.25) is 0 Å². The molecule has 0 fully saturated rings. The van der Waals surface area contributed by atoms with E-state index in [0.29, 0.717) is 52.9 Å². The molecule has 3 heterocycles. The fraction of sp³-hybridized carbons (Fsp3) is 0.381. The van der Waals surface area contributed by atoms with Gasteiger partial charge in [0, 0.05) is 29.6 Å². The van der Waals surface area contributed by atoms with E-state index in [-0.39, 0.29) is 24.3 Å². The third kappa shape index (κ3) is 5.16. The van der Waals surface area contributed by atoms with E-state index in [4.69, 9.17) is 21.6 Å². The number of fused-ring (bicyclic) bond motifs is 2. The van der Waals surface area contributed by atoms with Crippen LogP contribution in [0.25, 0.3) is 11.2 Å². The van der Waals surface area contributed by atoms with Gasteiger partial charge in [-0.05, 0) is 18.4 Å². The van der Waals surface area contributed by atoms with Gasteiger partial charge in [0.1, 0.15) is 6.33 Å². The first-order chi connectivity index (χ1) is 15.8. The van der Waals surface area contributed by atoms with Crippen LogP contribution in [-0.2, 0) is 16.6 Å². The molecule has 2 aromatic heterocycles. The number of benzene rings is 1. The molecule has 10 nitrogen and oxygen atoms in total. The molecule has 1 aromatic carbocycles. The molecule has 0 aliphatic carbocycles. The second-order valence-corrected chi connectivity index (χ2v) is 10.7. The van der Waals surface area contributed by atoms with Crippen molar-refractivity contribution in [1.82, 2.24) is 24.2 Å². The van der Waals surface area contributed by atoms with Crippen molar-refractivity contribution in [2.75, 3.05) is 24.8 Å². The summed E-state index contributed by atoms with van der Waals surface area (Å²) in [6.45, 7) is 4.63. The first kappa shape index (κ1) is 23.2. The maximum Gasteiger partial charge on any atom is 0.231 e. The standard InChI is InChI=1S/C21H24N6O4S2/c1-4-14-8-15-16(31-12-30-15)9-17(14)32-21-26-18-19(22)23-11-24-20(18)27(21)7-5-6-25-33(28,29)10-13(2)3/h1,8-9,11,13,25H,5-7,10,12H2,2-3H3,(H2,22,23,24). The maximum absolute atomic E-state index is 12.1. The Morgan fingerprint density at radius 3 is 2.79 bits per heavy atom. The molecule has 0 amide bonds. The molecule has 33 heavy (non-hydrogen) atoms. The lowest BCUT2D eigenvalue weighted by atomic mass is 10.2. The van der Waals surface area contributed by atoms with Crippen molar-refractivity contribution in [2.45, 2.75) is 36.9 Å². The smallest absolute Gasteiger partial charge is 0.231 e. The summed E-state index contributed by atoms with van der Waals surface area (Å²) in [5.41, 5.74) is 7.71. The van der Waals surface area contributed by atoms with E-state index in [9.17, 15) is 8.42 Å². The molecule has 1 aliphatic rings. The summed E-state index contributed by atoms with van der Waals surface area (Å²) >= 11 is 1.35. The number of nitrogens with zero attached hydrogens (tertiary/aromatic N) is 4. The molecule has 0 saturated carbocycles. The van der Waals surface area contributed by atoms with Crippen LogP contribution >= 0.6 is 11.8 Å². The van der Waals surface area contributed by atoms with Gasteiger partial charge < -0.3 is 19.8 Å². The normalized spacial score (nSPS) is 13.0. The zero-order chi connectivity index (χ0) is 23.6. The van der Waals surface area contributed by atoms with Crippen molar-refractivity contribution in [3.8, 4) is 23.8 Å². The molecule has 1 aliphatic heterocycles. The largest absolute Gasteiger partial charge is 0.454 e. The number of hydrogen-bond acceptors (Lipinski definition) is 9. The van der Waals surface area contributed by atoms with Crippen molar-refractivity contribution in [3.05, 3.63) is 24.0 Å². The Balaban J connectivity index is 1.60. The minimum absolute atomic E-state index is 0.0508. The van der Waals surface area contributed by atoms with Crippen molar-refractivity contribution < 1.29 is 17.9 Å². The van der Waals surface area contributed by atoms with E-state index >= 15 is 0 Å². The second-order valence-electron chi connectivity index (χ2n) is 7.85. The number of ether oxygens (including phenoxy) is 2. The predicted octanol–water partition coefficient (Wildman–Crippen LogP) is 2.24. The average Bonchev–Trinajstić information content (AvgIpc) is 3.34. The average molecular weight is 489 g/mol. The van der Waals surface area contributed by atoms with Crippen LogP contribution in [-0.4, -0.2) is 47.0 Å². The molecule has 4 rings (SSSR count). The summed E-state index contributed by atoms with van der Waals surface area (Å²) in [6, 6.07) is 3.58. The minimum Gasteiger partial charge on any atom is -0.454 e. The topological polar surface area (TPSA) is 134 Å². The lowest BCUT2D eigenvalue weighted by molar-refractivity contribution is 0.174. The Bertz CT molecular complexity index is 1330. The number of nitrogens with one attached hydrogen (secondary N) is 1. The van der Waals surface area contributed by atoms with Crippen LogP contribution in [0.5, 0.6) is 11.5 Å². The summed E-state index contributed by atoms with van der Waals surface area (Å²) < 4.78 is 39.7. The molecule has 0 spiro atoms. The number of terminal acetylenes is 1. The van der Waals surface area contributed by atoms with E-state index in [1.165, 1.54) is 18.1 Å². The number of anilines is 1. The van der Waals surface area contributed by atoms with Gasteiger partial charge in [0.2, 0.25) is 16.8 Å². The van der Waals surface area contributed by atoms with E-state index < -0.39 is 10.0 Å². The van der Waals surface area contributed by atoms with E-state index in [0.717, 1.165) is 4.90 Å². The van der Waals surface area contributed by atoms with Gasteiger partial charge in [-0.15, -0.1) is 6.42 Å². The zero-order valence-corrected chi connectivity index (χ0v) is 19.9. The third-order valence-electron chi connectivity index (χ3n) is 4.79. The summed E-state index contributed by atoms with van der Waals surface area (Å²) in [4.78, 5) is 13.8. The van der Waals surface area contributed by atoms with Crippen LogP contribution in [0, 0.1) is 18.3 Å². The Labute approximate surface area is 196 Å². The Kier molecular flexibility index (Phi) is 6.64. The van der Waals surface area contributed by atoms with E-state index in [2.05, 4.69) is 25.6 Å². The highest BCUT2D eigenvalue weighted by Gasteiger charge is 2.21. The molecule has 0 unspecified atom stereocenters. The van der Waals surface area contributed by atoms with Gasteiger partial charge in [0.15, 0.2) is 33.6 Å². The molecule has 3 aromatic rings. The van der Waals surface area contributed by atoms with E-state index in [1.807, 2.05) is 24.5 Å². The van der Waals surface area contributed by atoms with Crippen molar-refractivity contribution in [3.63, 3.8) is 0 Å². The molecular formula is C21H24N6O4S2. The highest BCUT2D eigenvalue weighted by molar-refractivity contribution is 7.99. The highest BCUT2D eigenvalue weighted by atomic mass is 32.2. The summed E-state index contributed by atoms with van der Waals surface area (Å²) in [6.07, 6.45) is 7.62. The number of nitrogen functional groups attached to an aromatic ring is 1. The van der Waals surface area contributed by atoms with Gasteiger partial charge in [-0.3, -0.25) is 0 Å². The molecule has 174 valence electrons. The third-order valence-corrected chi connectivity index (χ3v) is 7.59. The lowest BCUT2D eigenvalue weighted by Gasteiger charge is -2.11. The van der Waals surface area contributed by atoms with Crippen LogP contribution in [0.1, 0.15) is 25.8 Å². The number of aromatic nitrogens is 4. The minimum atomic E-state index is -3.32. The first-order valence-electron chi connectivity index (χ1n) is 10.3. The maximum atomic E-state index is 12.1. The number of imidazole rings is 1. The molecule has 0 atom stereocenters. The lowest BCUT2D eigenvalue weighted by Crippen LogP contribution is -2.29. The van der Waals surface area contributed by atoms with Gasteiger partial charge >= 0.3 is 0 Å². The second kappa shape index (κ2) is 9.46. The zero-order valence-electron chi connectivity index (χ0n) is 18.2. The highest BCUT2D eigenvalue weighted by Crippen LogP contribution is 2.41. The molecule has 0 saturated heterocycles. The Morgan fingerprint density at radius 2 is 2.06 bits per heavy atom. The van der Waals surface area contributed by atoms with Gasteiger partial charge in [0.05, 0.1) is 5.75 Å². The number of nitrogens with two attached hydrogens (primary N) is 1. The molecule has 12 heteroatoms. The van der Waals surface area contributed by atoms with Crippen LogP contribution < -0.4 is 19.9 Å². The monoisotopic (exact) mass is 488 g/mol. The number of aryl methyl sites for hydroxylation is 1. The fourth-order valence-corrected chi connectivity index (χ4v) is 5.86. The molecular weight excluding hydrogens is 464 g/mol. The van der Waals surface area contributed by atoms with Gasteiger partial charge in [-0.2, -0.15) is 0 Å². The van der Waals surface area contributed by atoms with Crippen molar-refractivity contribution in [2.24, 2.45) is 5.92 Å². The number of sulfonamides is 1. The SMILES string of the molecule is C#Cc1cc2c(cc1Sc1nc3c(N)ncnc3n1CCCNS(=O)(=O)CC(C)C)OCO2. The van der Waals surface area contributed by atoms with E-state index in [1.54, 1.807) is 6.07 Å².